The fourth-order valence-electron chi connectivity index (χ4n) is 1.24. The van der Waals surface area contributed by atoms with Gasteiger partial charge in [0, 0.05) is 19.8 Å². The van der Waals surface area contributed by atoms with Crippen molar-refractivity contribution in [2.45, 2.75) is 18.1 Å². The molecule has 1 aromatic rings. The smallest absolute Gasteiger partial charge is 0.262 e. The van der Waals surface area contributed by atoms with Crippen LogP contribution in [0.1, 0.15) is 6.92 Å². The number of hydrogen-bond donors (Lipinski definition) is 2. The molecule has 0 saturated heterocycles. The average molecular weight is 245 g/mol. The van der Waals surface area contributed by atoms with E-state index in [9.17, 15) is 8.42 Å². The Morgan fingerprint density at radius 1 is 1.62 bits per heavy atom. The summed E-state index contributed by atoms with van der Waals surface area (Å²) in [6, 6.07) is 3.03. The van der Waals surface area contributed by atoms with E-state index in [0.29, 0.717) is 0 Å². The summed E-state index contributed by atoms with van der Waals surface area (Å²) in [5.41, 5.74) is 5.64. The maximum atomic E-state index is 12.0. The molecule has 0 aliphatic rings. The minimum absolute atomic E-state index is 0.00164. The van der Waals surface area contributed by atoms with Crippen molar-refractivity contribution < 1.29 is 13.5 Å². The van der Waals surface area contributed by atoms with Gasteiger partial charge in [-0.05, 0) is 19.1 Å². The normalized spacial score (nSPS) is 14.0. The van der Waals surface area contributed by atoms with Crippen LogP contribution in [0.4, 0.5) is 5.69 Å². The Hall–Kier alpha value is -1.18. The van der Waals surface area contributed by atoms with Gasteiger partial charge >= 0.3 is 0 Å². The zero-order valence-corrected chi connectivity index (χ0v) is 9.98. The molecule has 1 unspecified atom stereocenters. The number of aliphatic hydroxyl groups is 1. The maximum Gasteiger partial charge on any atom is 0.262 e. The quantitative estimate of drug-likeness (QED) is 0.756. The van der Waals surface area contributed by atoms with Crippen molar-refractivity contribution in [2.24, 2.45) is 0 Å². The largest absolute Gasteiger partial charge is 0.396 e. The van der Waals surface area contributed by atoms with Crippen molar-refractivity contribution in [2.75, 3.05) is 19.3 Å². The summed E-state index contributed by atoms with van der Waals surface area (Å²) in [5.74, 6) is 0. The summed E-state index contributed by atoms with van der Waals surface area (Å²) in [6.07, 6.45) is 0.615. The molecule has 1 rings (SSSR count). The molecule has 16 heavy (non-hydrogen) atoms. The van der Waals surface area contributed by atoms with Gasteiger partial charge in [-0.1, -0.05) is 0 Å². The number of rotatable bonds is 4. The van der Waals surface area contributed by atoms with Crippen LogP contribution in [-0.4, -0.2) is 42.5 Å². The van der Waals surface area contributed by atoms with E-state index in [1.165, 1.54) is 26.2 Å². The third kappa shape index (κ3) is 2.69. The van der Waals surface area contributed by atoms with E-state index in [2.05, 4.69) is 4.98 Å². The minimum Gasteiger partial charge on any atom is -0.396 e. The lowest BCUT2D eigenvalue weighted by Gasteiger charge is -2.18. The third-order valence-corrected chi connectivity index (χ3v) is 3.78. The lowest BCUT2D eigenvalue weighted by molar-refractivity contribution is 0.171. The summed E-state index contributed by atoms with van der Waals surface area (Å²) in [6.45, 7) is 1.51. The van der Waals surface area contributed by atoms with Crippen LogP contribution in [0, 0.1) is 0 Å². The summed E-state index contributed by atoms with van der Waals surface area (Å²) < 4.78 is 24.9. The van der Waals surface area contributed by atoms with Crippen LogP contribution in [0.5, 0.6) is 0 Å². The van der Waals surface area contributed by atoms with Crippen LogP contribution in [0.2, 0.25) is 0 Å². The number of aliphatic hydroxyl groups excluding tert-OH is 1. The Morgan fingerprint density at radius 2 is 2.25 bits per heavy atom. The Kier molecular flexibility index (Phi) is 3.84. The number of nitrogens with two attached hydrogens (primary N) is 1. The Bertz CT molecular complexity index is 459. The van der Waals surface area contributed by atoms with Crippen LogP contribution >= 0.6 is 0 Å². The number of nitrogens with zero attached hydrogens (tertiary/aromatic N) is 2. The van der Waals surface area contributed by atoms with E-state index in [4.69, 9.17) is 10.8 Å². The Labute approximate surface area is 94.8 Å². The summed E-state index contributed by atoms with van der Waals surface area (Å²) in [5, 5.41) is 8.96. The first kappa shape index (κ1) is 12.9. The Balaban J connectivity index is 3.08. The minimum atomic E-state index is -3.73. The highest BCUT2D eigenvalue weighted by Crippen LogP contribution is 2.17. The number of aromatic nitrogens is 1. The van der Waals surface area contributed by atoms with Crippen LogP contribution in [0.3, 0.4) is 0 Å². The zero-order valence-electron chi connectivity index (χ0n) is 9.16. The topological polar surface area (TPSA) is 96.5 Å². The van der Waals surface area contributed by atoms with Crippen molar-refractivity contribution in [3.63, 3.8) is 0 Å². The van der Waals surface area contributed by atoms with E-state index in [1.807, 2.05) is 0 Å². The van der Waals surface area contributed by atoms with Gasteiger partial charge in [-0.25, -0.2) is 13.4 Å². The molecule has 0 bridgehead atoms. The fourth-order valence-corrected chi connectivity index (χ4v) is 2.50. The number of sulfonamides is 1. The second-order valence-corrected chi connectivity index (χ2v) is 5.49. The Morgan fingerprint density at radius 3 is 2.75 bits per heavy atom. The summed E-state index contributed by atoms with van der Waals surface area (Å²) in [4.78, 5) is 3.74. The van der Waals surface area contributed by atoms with Gasteiger partial charge in [0.15, 0.2) is 5.03 Å². The molecule has 0 aromatic carbocycles. The molecule has 0 amide bonds. The average Bonchev–Trinajstić information content (AvgIpc) is 2.16. The van der Waals surface area contributed by atoms with Gasteiger partial charge in [0.05, 0.1) is 11.8 Å². The highest BCUT2D eigenvalue weighted by atomic mass is 32.2. The molecule has 1 heterocycles. The zero-order chi connectivity index (χ0) is 12.3. The van der Waals surface area contributed by atoms with Crippen molar-refractivity contribution in [3.8, 4) is 0 Å². The number of nitrogen functional groups attached to an aromatic ring is 1. The van der Waals surface area contributed by atoms with E-state index in [-0.39, 0.29) is 17.3 Å². The van der Waals surface area contributed by atoms with Gasteiger partial charge < -0.3 is 10.8 Å². The lowest BCUT2D eigenvalue weighted by Crippen LogP contribution is -2.34. The van der Waals surface area contributed by atoms with Gasteiger partial charge in [0.25, 0.3) is 10.0 Å². The van der Waals surface area contributed by atoms with Crippen LogP contribution in [-0.2, 0) is 10.0 Å². The number of hydrogen-bond acceptors (Lipinski definition) is 5. The van der Waals surface area contributed by atoms with Gasteiger partial charge in [0.1, 0.15) is 0 Å². The van der Waals surface area contributed by atoms with E-state index < -0.39 is 16.1 Å². The van der Waals surface area contributed by atoms with E-state index in [1.54, 1.807) is 6.07 Å². The number of anilines is 1. The molecule has 0 radical (unpaired) electrons. The van der Waals surface area contributed by atoms with Gasteiger partial charge in [-0.2, -0.15) is 4.31 Å². The van der Waals surface area contributed by atoms with Gasteiger partial charge in [-0.15, -0.1) is 0 Å². The monoisotopic (exact) mass is 245 g/mol. The van der Waals surface area contributed by atoms with Crippen molar-refractivity contribution in [1.29, 1.82) is 0 Å². The van der Waals surface area contributed by atoms with Crippen molar-refractivity contribution in [1.82, 2.24) is 9.29 Å². The predicted octanol–water partition coefficient (Wildman–Crippen LogP) is -0.335. The predicted molar refractivity (Wildman–Crippen MR) is 60.1 cm³/mol. The molecular formula is C9H15N3O3S. The van der Waals surface area contributed by atoms with Crippen LogP contribution in [0.15, 0.2) is 23.4 Å². The second kappa shape index (κ2) is 4.77. The summed E-state index contributed by atoms with van der Waals surface area (Å²) >= 11 is 0. The molecule has 1 aromatic heterocycles. The molecule has 0 saturated carbocycles. The molecule has 3 N–H and O–H groups in total. The lowest BCUT2D eigenvalue weighted by atomic mass is 10.4. The molecule has 0 aliphatic heterocycles. The first-order valence-corrected chi connectivity index (χ1v) is 6.14. The SMILES string of the molecule is CC(O)CN(C)S(=O)(=O)c1ncccc1N. The molecule has 0 aliphatic carbocycles. The highest BCUT2D eigenvalue weighted by molar-refractivity contribution is 7.89. The van der Waals surface area contributed by atoms with Gasteiger partial charge in [-0.3, -0.25) is 0 Å². The molecule has 7 heteroatoms. The van der Waals surface area contributed by atoms with Crippen molar-refractivity contribution >= 4 is 15.7 Å². The molecule has 0 fully saturated rings. The van der Waals surface area contributed by atoms with Crippen LogP contribution < -0.4 is 5.73 Å². The number of pyridine rings is 1. The van der Waals surface area contributed by atoms with Gasteiger partial charge in [0.2, 0.25) is 0 Å². The molecule has 0 spiro atoms. The van der Waals surface area contributed by atoms with Crippen LogP contribution in [0.25, 0.3) is 0 Å². The first-order valence-electron chi connectivity index (χ1n) is 4.70. The molecule has 1 atom stereocenters. The van der Waals surface area contributed by atoms with E-state index >= 15 is 0 Å². The standard InChI is InChI=1S/C9H15N3O3S/c1-7(13)6-12(2)16(14,15)9-8(10)4-3-5-11-9/h3-5,7,13H,6,10H2,1-2H3. The summed E-state index contributed by atoms with van der Waals surface area (Å²) in [7, 11) is -2.36. The molecule has 90 valence electrons. The van der Waals surface area contributed by atoms with Crippen molar-refractivity contribution in [3.05, 3.63) is 18.3 Å². The fraction of sp³-hybridized carbons (Fsp3) is 0.444. The van der Waals surface area contributed by atoms with E-state index in [0.717, 1.165) is 4.31 Å². The molecule has 6 nitrogen and oxygen atoms in total. The first-order chi connectivity index (χ1) is 7.35. The highest BCUT2D eigenvalue weighted by Gasteiger charge is 2.25. The third-order valence-electron chi connectivity index (χ3n) is 1.98. The molecular weight excluding hydrogens is 230 g/mol. The number of likely N-dealkylation sites (N-methyl/N-ethyl adjacent to an activating group) is 1. The maximum absolute atomic E-state index is 12.0. The second-order valence-electron chi connectivity index (χ2n) is 3.53.